The van der Waals surface area contributed by atoms with Crippen molar-refractivity contribution < 1.29 is 4.42 Å². The standard InChI is InChI=1S/C17H12N2OS/c1-11-2-4-12(5-3-11)14-6-7-15(20-14)17-13(8-18)9-19-10-16(17)21/h2-7,9-10,21H,1H3. The first-order valence-electron chi connectivity index (χ1n) is 6.43. The molecule has 0 amide bonds. The Morgan fingerprint density at radius 1 is 1.05 bits per heavy atom. The molecule has 2 heterocycles. The van der Waals surface area contributed by atoms with Crippen LogP contribution in [0.15, 0.2) is 58.1 Å². The zero-order chi connectivity index (χ0) is 14.8. The molecule has 3 aromatic rings. The molecule has 3 nitrogen and oxygen atoms in total. The molecule has 0 radical (unpaired) electrons. The quantitative estimate of drug-likeness (QED) is 0.709. The van der Waals surface area contributed by atoms with Crippen LogP contribution in [0.1, 0.15) is 11.1 Å². The van der Waals surface area contributed by atoms with Gasteiger partial charge in [0.2, 0.25) is 0 Å². The van der Waals surface area contributed by atoms with Crippen molar-refractivity contribution in [2.75, 3.05) is 0 Å². The Kier molecular flexibility index (Phi) is 3.51. The van der Waals surface area contributed by atoms with E-state index in [1.54, 1.807) is 6.20 Å². The highest BCUT2D eigenvalue weighted by Gasteiger charge is 2.14. The van der Waals surface area contributed by atoms with Crippen LogP contribution in [0.2, 0.25) is 0 Å². The first-order chi connectivity index (χ1) is 10.2. The smallest absolute Gasteiger partial charge is 0.137 e. The number of hydrogen-bond donors (Lipinski definition) is 1. The lowest BCUT2D eigenvalue weighted by Gasteiger charge is -2.03. The number of aryl methyl sites for hydroxylation is 1. The van der Waals surface area contributed by atoms with Crippen LogP contribution in [0.3, 0.4) is 0 Å². The van der Waals surface area contributed by atoms with Crippen molar-refractivity contribution in [1.29, 1.82) is 5.26 Å². The van der Waals surface area contributed by atoms with Crippen LogP contribution < -0.4 is 0 Å². The second-order valence-electron chi connectivity index (χ2n) is 4.72. The average Bonchev–Trinajstić information content (AvgIpc) is 2.97. The maximum absolute atomic E-state index is 9.19. The SMILES string of the molecule is Cc1ccc(-c2ccc(-c3c(S)cncc3C#N)o2)cc1. The Morgan fingerprint density at radius 3 is 2.48 bits per heavy atom. The van der Waals surface area contributed by atoms with Crippen LogP contribution in [0.25, 0.3) is 22.6 Å². The predicted molar refractivity (Wildman–Crippen MR) is 84.1 cm³/mol. The van der Waals surface area contributed by atoms with Crippen LogP contribution in [0.5, 0.6) is 0 Å². The Hall–Kier alpha value is -2.51. The number of nitrogens with zero attached hydrogens (tertiary/aromatic N) is 2. The molecule has 0 saturated carbocycles. The van der Waals surface area contributed by atoms with Crippen molar-refractivity contribution in [2.24, 2.45) is 0 Å². The van der Waals surface area contributed by atoms with Crippen molar-refractivity contribution >= 4 is 12.6 Å². The number of benzene rings is 1. The molecule has 1 aromatic carbocycles. The number of pyridine rings is 1. The molecule has 0 unspecified atom stereocenters. The third-order valence-electron chi connectivity index (χ3n) is 3.23. The lowest BCUT2D eigenvalue weighted by atomic mass is 10.1. The van der Waals surface area contributed by atoms with Gasteiger partial charge in [-0.1, -0.05) is 29.8 Å². The summed E-state index contributed by atoms with van der Waals surface area (Å²) in [6, 6.07) is 14.0. The molecule has 3 rings (SSSR count). The van der Waals surface area contributed by atoms with Gasteiger partial charge in [0.25, 0.3) is 0 Å². The van der Waals surface area contributed by atoms with Crippen molar-refractivity contribution in [3.05, 3.63) is 59.9 Å². The first kappa shape index (κ1) is 13.5. The average molecular weight is 292 g/mol. The van der Waals surface area contributed by atoms with E-state index in [4.69, 9.17) is 4.42 Å². The zero-order valence-corrected chi connectivity index (χ0v) is 12.3. The molecule has 0 saturated heterocycles. The number of aromatic nitrogens is 1. The van der Waals surface area contributed by atoms with Gasteiger partial charge in [0.1, 0.15) is 17.6 Å². The van der Waals surface area contributed by atoms with E-state index in [0.29, 0.717) is 21.8 Å². The summed E-state index contributed by atoms with van der Waals surface area (Å²) in [5.74, 6) is 1.38. The van der Waals surface area contributed by atoms with Gasteiger partial charge in [0, 0.05) is 22.9 Å². The molecule has 0 aliphatic rings. The number of thiol groups is 1. The molecule has 0 N–H and O–H groups in total. The van der Waals surface area contributed by atoms with Crippen LogP contribution in [0, 0.1) is 18.3 Å². The van der Waals surface area contributed by atoms with E-state index in [2.05, 4.69) is 23.7 Å². The number of furan rings is 1. The second-order valence-corrected chi connectivity index (χ2v) is 5.20. The zero-order valence-electron chi connectivity index (χ0n) is 11.4. The minimum atomic E-state index is 0.451. The maximum Gasteiger partial charge on any atom is 0.137 e. The molecule has 21 heavy (non-hydrogen) atoms. The van der Waals surface area contributed by atoms with Crippen LogP contribution in [0.4, 0.5) is 0 Å². The topological polar surface area (TPSA) is 49.8 Å². The monoisotopic (exact) mass is 292 g/mol. The molecule has 0 bridgehead atoms. The van der Waals surface area contributed by atoms with E-state index in [1.165, 1.54) is 11.8 Å². The summed E-state index contributed by atoms with van der Waals surface area (Å²) in [6.07, 6.45) is 3.12. The van der Waals surface area contributed by atoms with Gasteiger partial charge < -0.3 is 4.42 Å². The van der Waals surface area contributed by atoms with Gasteiger partial charge in [-0.2, -0.15) is 5.26 Å². The van der Waals surface area contributed by atoms with Gasteiger partial charge in [0.15, 0.2) is 0 Å². The molecule has 0 spiro atoms. The molecule has 2 aromatic heterocycles. The summed E-state index contributed by atoms with van der Waals surface area (Å²) in [4.78, 5) is 4.60. The molecule has 4 heteroatoms. The van der Waals surface area contributed by atoms with E-state index in [1.807, 2.05) is 43.3 Å². The predicted octanol–water partition coefficient (Wildman–Crippen LogP) is 4.48. The summed E-state index contributed by atoms with van der Waals surface area (Å²) in [6.45, 7) is 2.04. The highest BCUT2D eigenvalue weighted by atomic mass is 32.1. The molecule has 0 fully saturated rings. The Balaban J connectivity index is 2.07. The number of rotatable bonds is 2. The Morgan fingerprint density at radius 2 is 1.76 bits per heavy atom. The molecule has 0 aliphatic heterocycles. The Labute approximate surface area is 128 Å². The molecule has 0 aliphatic carbocycles. The van der Waals surface area contributed by atoms with Crippen molar-refractivity contribution in [1.82, 2.24) is 4.98 Å². The summed E-state index contributed by atoms with van der Waals surface area (Å²) >= 11 is 4.37. The summed E-state index contributed by atoms with van der Waals surface area (Å²) < 4.78 is 5.89. The fraction of sp³-hybridized carbons (Fsp3) is 0.0588. The van der Waals surface area contributed by atoms with Crippen molar-refractivity contribution in [3.8, 4) is 28.7 Å². The number of hydrogen-bond acceptors (Lipinski definition) is 4. The maximum atomic E-state index is 9.19. The molecular weight excluding hydrogens is 280 g/mol. The molecular formula is C17H12N2OS. The van der Waals surface area contributed by atoms with Gasteiger partial charge in [-0.15, -0.1) is 12.6 Å². The molecule has 0 atom stereocenters. The highest BCUT2D eigenvalue weighted by molar-refractivity contribution is 7.80. The van der Waals surface area contributed by atoms with Gasteiger partial charge in [-0.3, -0.25) is 4.98 Å². The highest BCUT2D eigenvalue weighted by Crippen LogP contribution is 2.33. The van der Waals surface area contributed by atoms with Gasteiger partial charge in [-0.25, -0.2) is 0 Å². The largest absolute Gasteiger partial charge is 0.456 e. The van der Waals surface area contributed by atoms with Crippen LogP contribution >= 0.6 is 12.6 Å². The van der Waals surface area contributed by atoms with E-state index >= 15 is 0 Å². The van der Waals surface area contributed by atoms with Gasteiger partial charge >= 0.3 is 0 Å². The second kappa shape index (κ2) is 5.47. The number of nitriles is 1. The molecule has 102 valence electrons. The summed E-state index contributed by atoms with van der Waals surface area (Å²) in [5, 5.41) is 9.19. The van der Waals surface area contributed by atoms with E-state index in [0.717, 1.165) is 11.3 Å². The fourth-order valence-corrected chi connectivity index (χ4v) is 2.44. The third-order valence-corrected chi connectivity index (χ3v) is 3.57. The van der Waals surface area contributed by atoms with Crippen molar-refractivity contribution in [3.63, 3.8) is 0 Å². The minimum absolute atomic E-state index is 0.451. The van der Waals surface area contributed by atoms with Gasteiger partial charge in [-0.05, 0) is 19.1 Å². The first-order valence-corrected chi connectivity index (χ1v) is 6.88. The van der Waals surface area contributed by atoms with Crippen LogP contribution in [-0.2, 0) is 0 Å². The lowest BCUT2D eigenvalue weighted by Crippen LogP contribution is -1.87. The summed E-state index contributed by atoms with van der Waals surface area (Å²) in [5.41, 5.74) is 3.32. The van der Waals surface area contributed by atoms with Crippen molar-refractivity contribution in [2.45, 2.75) is 11.8 Å². The van der Waals surface area contributed by atoms with E-state index in [-0.39, 0.29) is 0 Å². The fourth-order valence-electron chi connectivity index (χ4n) is 2.14. The lowest BCUT2D eigenvalue weighted by molar-refractivity contribution is 0.595. The summed E-state index contributed by atoms with van der Waals surface area (Å²) in [7, 11) is 0. The van der Waals surface area contributed by atoms with Gasteiger partial charge in [0.05, 0.1) is 11.1 Å². The normalized spacial score (nSPS) is 10.3. The van der Waals surface area contributed by atoms with E-state index in [9.17, 15) is 5.26 Å². The van der Waals surface area contributed by atoms with E-state index < -0.39 is 0 Å². The Bertz CT molecular complexity index is 829. The minimum Gasteiger partial charge on any atom is -0.456 e. The third kappa shape index (κ3) is 2.56. The van der Waals surface area contributed by atoms with Crippen LogP contribution in [-0.4, -0.2) is 4.98 Å².